The van der Waals surface area contributed by atoms with E-state index in [0.717, 1.165) is 10.4 Å². The Hall–Kier alpha value is -0.750. The number of hydrogen-bond acceptors (Lipinski definition) is 3. The molecule has 0 aliphatic rings. The normalized spacial score (nSPS) is 13.0. The molecule has 0 radical (unpaired) electrons. The third kappa shape index (κ3) is 2.60. The molecule has 1 aromatic carbocycles. The lowest BCUT2D eigenvalue weighted by atomic mass is 10.1. The minimum Gasteiger partial charge on any atom is -0.387 e. The van der Waals surface area contributed by atoms with Gasteiger partial charge >= 0.3 is 0 Å². The van der Waals surface area contributed by atoms with E-state index in [2.05, 4.69) is 22.0 Å². The topological polar surface area (TPSA) is 20.2 Å². The van der Waals surface area contributed by atoms with Crippen LogP contribution >= 0.6 is 38.6 Å². The van der Waals surface area contributed by atoms with Crippen molar-refractivity contribution in [3.8, 4) is 0 Å². The highest BCUT2D eigenvalue weighted by molar-refractivity contribution is 9.10. The summed E-state index contributed by atoms with van der Waals surface area (Å²) in [7, 11) is 0. The predicted molar refractivity (Wildman–Crippen MR) is 82.5 cm³/mol. The van der Waals surface area contributed by atoms with Gasteiger partial charge in [-0.05, 0) is 45.1 Å². The average molecular weight is 357 g/mol. The first-order valence-electron chi connectivity index (χ1n) is 5.73. The summed E-state index contributed by atoms with van der Waals surface area (Å²) in [6.45, 7) is 0. The van der Waals surface area contributed by atoms with E-state index < -0.39 is 6.10 Å². The Morgan fingerprint density at radius 3 is 2.89 bits per heavy atom. The number of rotatable bonds is 3. The molecule has 0 amide bonds. The van der Waals surface area contributed by atoms with Crippen molar-refractivity contribution in [2.45, 2.75) is 12.5 Å². The Morgan fingerprint density at radius 2 is 2.11 bits per heavy atom. The summed E-state index contributed by atoms with van der Waals surface area (Å²) < 4.78 is 16.2. The fraction of sp³-hybridized carbons (Fsp3) is 0.143. The monoisotopic (exact) mass is 356 g/mol. The molecule has 98 valence electrons. The summed E-state index contributed by atoms with van der Waals surface area (Å²) in [5.41, 5.74) is 0.782. The molecule has 2 aromatic heterocycles. The number of halogens is 2. The molecular formula is C14H10BrFOS2. The van der Waals surface area contributed by atoms with Crippen molar-refractivity contribution in [2.75, 3.05) is 0 Å². The van der Waals surface area contributed by atoms with E-state index in [9.17, 15) is 9.50 Å². The van der Waals surface area contributed by atoms with E-state index in [0.29, 0.717) is 10.9 Å². The maximum absolute atomic E-state index is 13.4. The van der Waals surface area contributed by atoms with Gasteiger partial charge in [0.1, 0.15) is 5.82 Å². The van der Waals surface area contributed by atoms with Crippen LogP contribution in [0.1, 0.15) is 16.5 Å². The van der Waals surface area contributed by atoms with Gasteiger partial charge in [0.15, 0.2) is 0 Å². The summed E-state index contributed by atoms with van der Waals surface area (Å²) in [4.78, 5) is 0.929. The quantitative estimate of drug-likeness (QED) is 0.688. The molecule has 0 saturated heterocycles. The minimum absolute atomic E-state index is 0.295. The molecule has 5 heteroatoms. The van der Waals surface area contributed by atoms with Gasteiger partial charge in [-0.1, -0.05) is 12.1 Å². The molecule has 0 aliphatic carbocycles. The smallest absolute Gasteiger partial charge is 0.137 e. The zero-order valence-electron chi connectivity index (χ0n) is 9.77. The van der Waals surface area contributed by atoms with Crippen LogP contribution in [-0.4, -0.2) is 5.11 Å². The SMILES string of the molecule is OC(Cc1cccc(F)c1Br)c1cc2sccc2s1. The zero-order valence-corrected chi connectivity index (χ0v) is 13.0. The molecule has 0 spiro atoms. The fourth-order valence-electron chi connectivity index (χ4n) is 1.96. The van der Waals surface area contributed by atoms with Crippen LogP contribution in [0.25, 0.3) is 9.40 Å². The largest absolute Gasteiger partial charge is 0.387 e. The molecule has 0 saturated carbocycles. The third-order valence-electron chi connectivity index (χ3n) is 2.93. The minimum atomic E-state index is -0.595. The van der Waals surface area contributed by atoms with Crippen molar-refractivity contribution in [1.29, 1.82) is 0 Å². The zero-order chi connectivity index (χ0) is 13.4. The highest BCUT2D eigenvalue weighted by atomic mass is 79.9. The van der Waals surface area contributed by atoms with Crippen molar-refractivity contribution in [1.82, 2.24) is 0 Å². The molecule has 1 unspecified atom stereocenters. The van der Waals surface area contributed by atoms with E-state index in [4.69, 9.17) is 0 Å². The number of thiophene rings is 2. The summed E-state index contributed by atoms with van der Waals surface area (Å²) in [5.74, 6) is -0.295. The van der Waals surface area contributed by atoms with E-state index in [1.54, 1.807) is 28.7 Å². The third-order valence-corrected chi connectivity index (χ3v) is 6.01. The number of benzene rings is 1. The lowest BCUT2D eigenvalue weighted by molar-refractivity contribution is 0.182. The van der Waals surface area contributed by atoms with Crippen LogP contribution in [0.5, 0.6) is 0 Å². The Morgan fingerprint density at radius 1 is 1.26 bits per heavy atom. The second kappa shape index (κ2) is 5.32. The van der Waals surface area contributed by atoms with Crippen LogP contribution in [-0.2, 0) is 6.42 Å². The predicted octanol–water partition coefficient (Wildman–Crippen LogP) is 5.14. The standard InChI is InChI=1S/C14H10BrFOS2/c15-14-8(2-1-3-9(14)16)6-10(17)12-7-13-11(19-12)4-5-18-13/h1-5,7,10,17H,6H2. The van der Waals surface area contributed by atoms with Crippen LogP contribution in [0.4, 0.5) is 4.39 Å². The summed E-state index contributed by atoms with van der Waals surface area (Å²) in [6.07, 6.45) is -0.186. The average Bonchev–Trinajstić information content (AvgIpc) is 2.95. The van der Waals surface area contributed by atoms with Gasteiger partial charge in [0, 0.05) is 20.7 Å². The van der Waals surface area contributed by atoms with Gasteiger partial charge in [-0.15, -0.1) is 22.7 Å². The Bertz CT molecular complexity index is 691. The van der Waals surface area contributed by atoms with Gasteiger partial charge in [-0.2, -0.15) is 0 Å². The summed E-state index contributed by atoms with van der Waals surface area (Å²) in [5, 5.41) is 12.3. The van der Waals surface area contributed by atoms with Crippen molar-refractivity contribution >= 4 is 48.0 Å². The molecule has 3 rings (SSSR count). The number of hydrogen-bond donors (Lipinski definition) is 1. The first-order chi connectivity index (χ1) is 9.15. The maximum atomic E-state index is 13.4. The molecule has 3 aromatic rings. The Balaban J connectivity index is 1.86. The van der Waals surface area contributed by atoms with Gasteiger partial charge in [0.25, 0.3) is 0 Å². The van der Waals surface area contributed by atoms with Crippen LogP contribution in [0, 0.1) is 5.82 Å². The van der Waals surface area contributed by atoms with Gasteiger partial charge in [-0.3, -0.25) is 0 Å². The first kappa shape index (κ1) is 13.2. The van der Waals surface area contributed by atoms with Crippen LogP contribution in [0.3, 0.4) is 0 Å². The van der Waals surface area contributed by atoms with Crippen molar-refractivity contribution < 1.29 is 9.50 Å². The number of aliphatic hydroxyl groups is 1. The summed E-state index contributed by atoms with van der Waals surface area (Å²) in [6, 6.07) is 8.96. The van der Waals surface area contributed by atoms with Crippen LogP contribution in [0.15, 0.2) is 40.2 Å². The van der Waals surface area contributed by atoms with Crippen molar-refractivity contribution in [3.63, 3.8) is 0 Å². The molecule has 1 atom stereocenters. The highest BCUT2D eigenvalue weighted by Gasteiger charge is 2.15. The second-order valence-electron chi connectivity index (χ2n) is 4.23. The highest BCUT2D eigenvalue weighted by Crippen LogP contribution is 2.35. The lowest BCUT2D eigenvalue weighted by Crippen LogP contribution is -2.01. The summed E-state index contributed by atoms with van der Waals surface area (Å²) >= 11 is 6.49. The fourth-order valence-corrected chi connectivity index (χ4v) is 4.50. The number of fused-ring (bicyclic) bond motifs is 1. The van der Waals surface area contributed by atoms with E-state index in [-0.39, 0.29) is 5.82 Å². The van der Waals surface area contributed by atoms with E-state index >= 15 is 0 Å². The molecule has 0 aliphatic heterocycles. The Kier molecular flexibility index (Phi) is 3.71. The van der Waals surface area contributed by atoms with E-state index in [1.165, 1.54) is 15.5 Å². The maximum Gasteiger partial charge on any atom is 0.137 e. The lowest BCUT2D eigenvalue weighted by Gasteiger charge is -2.10. The van der Waals surface area contributed by atoms with Gasteiger partial charge < -0.3 is 5.11 Å². The van der Waals surface area contributed by atoms with Gasteiger partial charge in [0.05, 0.1) is 10.6 Å². The molecule has 2 heterocycles. The van der Waals surface area contributed by atoms with Crippen LogP contribution < -0.4 is 0 Å². The molecule has 1 nitrogen and oxygen atoms in total. The second-order valence-corrected chi connectivity index (χ2v) is 7.09. The van der Waals surface area contributed by atoms with Gasteiger partial charge in [0.2, 0.25) is 0 Å². The van der Waals surface area contributed by atoms with E-state index in [1.807, 2.05) is 17.5 Å². The molecule has 0 fully saturated rings. The Labute approximate surface area is 126 Å². The molecule has 19 heavy (non-hydrogen) atoms. The van der Waals surface area contributed by atoms with Gasteiger partial charge in [-0.25, -0.2) is 4.39 Å². The number of aliphatic hydroxyl groups excluding tert-OH is 1. The molecule has 0 bridgehead atoms. The molecule has 1 N–H and O–H groups in total. The molecular weight excluding hydrogens is 347 g/mol. The van der Waals surface area contributed by atoms with Crippen molar-refractivity contribution in [3.05, 3.63) is 56.4 Å². The van der Waals surface area contributed by atoms with Crippen molar-refractivity contribution in [2.24, 2.45) is 0 Å². The first-order valence-corrected chi connectivity index (χ1v) is 8.22. The van der Waals surface area contributed by atoms with Crippen LogP contribution in [0.2, 0.25) is 0 Å².